The van der Waals surface area contributed by atoms with Gasteiger partial charge in [-0.1, -0.05) is 40.7 Å². The summed E-state index contributed by atoms with van der Waals surface area (Å²) >= 11 is 1.33. The zero-order chi connectivity index (χ0) is 19.8. The Labute approximate surface area is 164 Å². The summed E-state index contributed by atoms with van der Waals surface area (Å²) in [6.45, 7) is 3.63. The molecule has 0 saturated heterocycles. The lowest BCUT2D eigenvalue weighted by atomic mass is 10.1. The minimum absolute atomic E-state index is 0.0995. The highest BCUT2D eigenvalue weighted by atomic mass is 32.2. The molecule has 0 atom stereocenters. The van der Waals surface area contributed by atoms with Crippen LogP contribution in [0, 0.1) is 19.7 Å². The number of aromatic nitrogens is 4. The number of benzene rings is 2. The van der Waals surface area contributed by atoms with E-state index in [0.29, 0.717) is 44.7 Å². The molecule has 0 aliphatic carbocycles. The van der Waals surface area contributed by atoms with Crippen molar-refractivity contribution in [3.8, 4) is 11.4 Å². The van der Waals surface area contributed by atoms with E-state index in [4.69, 9.17) is 4.52 Å². The van der Waals surface area contributed by atoms with Gasteiger partial charge >= 0.3 is 0 Å². The minimum atomic E-state index is -0.316. The highest BCUT2D eigenvalue weighted by Gasteiger charge is 2.13. The smallest absolute Gasteiger partial charge is 0.261 e. The molecule has 2 heterocycles. The number of nitrogens with zero attached hydrogens (tertiary/aromatic N) is 4. The van der Waals surface area contributed by atoms with E-state index in [1.54, 1.807) is 26.1 Å². The summed E-state index contributed by atoms with van der Waals surface area (Å²) in [4.78, 5) is 21.5. The maximum atomic E-state index is 13.7. The van der Waals surface area contributed by atoms with Crippen LogP contribution in [-0.2, 0) is 12.8 Å². The maximum absolute atomic E-state index is 13.7. The van der Waals surface area contributed by atoms with Crippen LogP contribution in [-0.4, -0.2) is 19.7 Å². The molecule has 4 aromatic rings. The first-order chi connectivity index (χ1) is 13.4. The molecule has 0 bridgehead atoms. The standard InChI is InChI=1S/C20H17FN4O2S/c1-11-4-7-16-14(8-11)19(26)25(3)20(22-16)28-10-17-23-18(24-27-17)13-6-5-12(2)15(21)9-13/h4-9H,10H2,1-3H3. The third kappa shape index (κ3) is 3.43. The van der Waals surface area contributed by atoms with Gasteiger partial charge in [-0.2, -0.15) is 4.98 Å². The summed E-state index contributed by atoms with van der Waals surface area (Å²) in [6.07, 6.45) is 0. The molecule has 0 radical (unpaired) electrons. The molecular weight excluding hydrogens is 379 g/mol. The lowest BCUT2D eigenvalue weighted by Crippen LogP contribution is -2.20. The van der Waals surface area contributed by atoms with Gasteiger partial charge in [0.05, 0.1) is 16.7 Å². The van der Waals surface area contributed by atoms with Gasteiger partial charge in [0, 0.05) is 12.6 Å². The van der Waals surface area contributed by atoms with Crippen molar-refractivity contribution in [2.75, 3.05) is 0 Å². The normalized spacial score (nSPS) is 11.3. The van der Waals surface area contributed by atoms with Crippen LogP contribution < -0.4 is 5.56 Å². The number of fused-ring (bicyclic) bond motifs is 1. The number of halogens is 1. The van der Waals surface area contributed by atoms with Gasteiger partial charge in [-0.15, -0.1) is 0 Å². The molecule has 8 heteroatoms. The van der Waals surface area contributed by atoms with E-state index in [-0.39, 0.29) is 11.4 Å². The Hall–Kier alpha value is -3.00. The molecule has 28 heavy (non-hydrogen) atoms. The Bertz CT molecular complexity index is 1250. The largest absolute Gasteiger partial charge is 0.338 e. The predicted molar refractivity (Wildman–Crippen MR) is 106 cm³/mol. The number of hydrogen-bond donors (Lipinski definition) is 0. The van der Waals surface area contributed by atoms with Gasteiger partial charge in [0.25, 0.3) is 5.56 Å². The topological polar surface area (TPSA) is 73.8 Å². The van der Waals surface area contributed by atoms with Crippen molar-refractivity contribution < 1.29 is 8.91 Å². The SMILES string of the molecule is Cc1ccc2nc(SCc3nc(-c4ccc(C)c(F)c4)no3)n(C)c(=O)c2c1. The molecule has 0 fully saturated rings. The van der Waals surface area contributed by atoms with E-state index >= 15 is 0 Å². The molecule has 142 valence electrons. The quantitative estimate of drug-likeness (QED) is 0.383. The highest BCUT2D eigenvalue weighted by molar-refractivity contribution is 7.98. The van der Waals surface area contributed by atoms with E-state index in [2.05, 4.69) is 15.1 Å². The van der Waals surface area contributed by atoms with Gasteiger partial charge in [-0.25, -0.2) is 9.37 Å². The summed E-state index contributed by atoms with van der Waals surface area (Å²) in [6, 6.07) is 10.4. The molecule has 0 unspecified atom stereocenters. The average Bonchev–Trinajstić information content (AvgIpc) is 3.15. The Morgan fingerprint density at radius 2 is 1.96 bits per heavy atom. The molecule has 0 amide bonds. The molecule has 4 rings (SSSR count). The van der Waals surface area contributed by atoms with Crippen LogP contribution in [0.15, 0.2) is 50.9 Å². The monoisotopic (exact) mass is 396 g/mol. The fourth-order valence-corrected chi connectivity index (χ4v) is 3.59. The molecular formula is C20H17FN4O2S. The van der Waals surface area contributed by atoms with Crippen LogP contribution in [0.4, 0.5) is 4.39 Å². The van der Waals surface area contributed by atoms with Crippen molar-refractivity contribution in [1.29, 1.82) is 0 Å². The van der Waals surface area contributed by atoms with Crippen LogP contribution in [0.5, 0.6) is 0 Å². The Morgan fingerprint density at radius 1 is 1.14 bits per heavy atom. The van der Waals surface area contributed by atoms with Gasteiger partial charge in [0.1, 0.15) is 5.82 Å². The number of hydrogen-bond acceptors (Lipinski definition) is 6. The molecule has 0 aliphatic rings. The summed E-state index contributed by atoms with van der Waals surface area (Å²) in [5, 5.41) is 5.06. The molecule has 0 saturated carbocycles. The van der Waals surface area contributed by atoms with Crippen molar-refractivity contribution in [2.24, 2.45) is 7.05 Å². The van der Waals surface area contributed by atoms with Crippen molar-refractivity contribution in [1.82, 2.24) is 19.7 Å². The van der Waals surface area contributed by atoms with E-state index in [0.717, 1.165) is 5.56 Å². The lowest BCUT2D eigenvalue weighted by molar-refractivity contribution is 0.391. The van der Waals surface area contributed by atoms with E-state index < -0.39 is 0 Å². The lowest BCUT2D eigenvalue weighted by Gasteiger charge is -2.08. The van der Waals surface area contributed by atoms with Gasteiger partial charge < -0.3 is 4.52 Å². The molecule has 2 aromatic carbocycles. The Balaban J connectivity index is 1.57. The van der Waals surface area contributed by atoms with Crippen LogP contribution in [0.1, 0.15) is 17.0 Å². The number of rotatable bonds is 4. The molecule has 2 aromatic heterocycles. The molecule has 0 aliphatic heterocycles. The van der Waals surface area contributed by atoms with Crippen LogP contribution in [0.3, 0.4) is 0 Å². The van der Waals surface area contributed by atoms with E-state index in [9.17, 15) is 9.18 Å². The summed E-state index contributed by atoms with van der Waals surface area (Å²) < 4.78 is 20.5. The van der Waals surface area contributed by atoms with Gasteiger partial charge in [0.15, 0.2) is 5.16 Å². The fraction of sp³-hybridized carbons (Fsp3) is 0.200. The minimum Gasteiger partial charge on any atom is -0.338 e. The summed E-state index contributed by atoms with van der Waals surface area (Å²) in [5.74, 6) is 0.729. The first-order valence-corrected chi connectivity index (χ1v) is 9.60. The Kier molecular flexibility index (Phi) is 4.72. The van der Waals surface area contributed by atoms with Crippen LogP contribution in [0.25, 0.3) is 22.3 Å². The predicted octanol–water partition coefficient (Wildman–Crippen LogP) is 4.03. The zero-order valence-corrected chi connectivity index (χ0v) is 16.4. The number of thioether (sulfide) groups is 1. The summed E-state index contributed by atoms with van der Waals surface area (Å²) in [5.41, 5.74) is 2.67. The second-order valence-corrected chi connectivity index (χ2v) is 7.49. The second kappa shape index (κ2) is 7.20. The Morgan fingerprint density at radius 3 is 2.75 bits per heavy atom. The second-order valence-electron chi connectivity index (χ2n) is 6.54. The van der Waals surface area contributed by atoms with Crippen LogP contribution in [0.2, 0.25) is 0 Å². The molecule has 0 spiro atoms. The van der Waals surface area contributed by atoms with Crippen LogP contribution >= 0.6 is 11.8 Å². The highest BCUT2D eigenvalue weighted by Crippen LogP contribution is 2.24. The fourth-order valence-electron chi connectivity index (χ4n) is 2.78. The maximum Gasteiger partial charge on any atom is 0.261 e. The van der Waals surface area contributed by atoms with Crippen molar-refractivity contribution >= 4 is 22.7 Å². The van der Waals surface area contributed by atoms with Crippen molar-refractivity contribution in [3.63, 3.8) is 0 Å². The molecule has 0 N–H and O–H groups in total. The first-order valence-electron chi connectivity index (χ1n) is 8.61. The van der Waals surface area contributed by atoms with Gasteiger partial charge in [0.2, 0.25) is 11.7 Å². The van der Waals surface area contributed by atoms with Gasteiger partial charge in [-0.05, 0) is 37.6 Å². The van der Waals surface area contributed by atoms with Gasteiger partial charge in [-0.3, -0.25) is 9.36 Å². The van der Waals surface area contributed by atoms with Crippen molar-refractivity contribution in [3.05, 3.63) is 69.6 Å². The molecule has 6 nitrogen and oxygen atoms in total. The van der Waals surface area contributed by atoms with Crippen molar-refractivity contribution in [2.45, 2.75) is 24.8 Å². The number of aryl methyl sites for hydroxylation is 2. The first kappa shape index (κ1) is 18.4. The van der Waals surface area contributed by atoms with E-state index in [1.165, 1.54) is 22.4 Å². The third-order valence-corrected chi connectivity index (χ3v) is 5.43. The van der Waals surface area contributed by atoms with E-state index in [1.807, 2.05) is 25.1 Å². The third-order valence-electron chi connectivity index (χ3n) is 4.41. The zero-order valence-electron chi connectivity index (χ0n) is 15.6. The summed E-state index contributed by atoms with van der Waals surface area (Å²) in [7, 11) is 1.69. The average molecular weight is 396 g/mol.